The maximum Gasteiger partial charge on any atom is 0.126 e. The molecule has 0 aliphatic rings. The van der Waals surface area contributed by atoms with Gasteiger partial charge in [0.05, 0.1) is 5.69 Å². The summed E-state index contributed by atoms with van der Waals surface area (Å²) in [7, 11) is 0. The Bertz CT molecular complexity index is 595. The predicted molar refractivity (Wildman–Crippen MR) is 78.8 cm³/mol. The number of aromatic nitrogens is 1. The van der Waals surface area contributed by atoms with Crippen molar-refractivity contribution in [3.05, 3.63) is 40.4 Å². The molecule has 0 fully saturated rings. The van der Waals surface area contributed by atoms with Gasteiger partial charge in [-0.2, -0.15) is 0 Å². The molecule has 0 unspecified atom stereocenters. The summed E-state index contributed by atoms with van der Waals surface area (Å²) in [5, 5.41) is 4.03. The highest BCUT2D eigenvalue weighted by Gasteiger charge is 2.14. The van der Waals surface area contributed by atoms with E-state index in [1.54, 1.807) is 0 Å². The fraction of sp³-hybridized carbons (Fsp3) is 0.400. The zero-order valence-corrected chi connectivity index (χ0v) is 12.9. The minimum absolute atomic E-state index is 0.0154. The third-order valence-electron chi connectivity index (χ3n) is 2.78. The van der Waals surface area contributed by atoms with E-state index in [9.17, 15) is 8.78 Å². The van der Waals surface area contributed by atoms with Crippen molar-refractivity contribution >= 4 is 11.3 Å². The summed E-state index contributed by atoms with van der Waals surface area (Å²) >= 11 is 1.46. The Kier molecular flexibility index (Phi) is 4.20. The Morgan fingerprint density at radius 1 is 1.15 bits per heavy atom. The van der Waals surface area contributed by atoms with Crippen molar-refractivity contribution in [1.82, 2.24) is 10.3 Å². The smallest absolute Gasteiger partial charge is 0.126 e. The van der Waals surface area contributed by atoms with Gasteiger partial charge in [-0.1, -0.05) is 0 Å². The largest absolute Gasteiger partial charge is 0.307 e. The van der Waals surface area contributed by atoms with Crippen molar-refractivity contribution < 1.29 is 8.78 Å². The van der Waals surface area contributed by atoms with E-state index < -0.39 is 11.6 Å². The van der Waals surface area contributed by atoms with Gasteiger partial charge in [-0.15, -0.1) is 11.3 Å². The van der Waals surface area contributed by atoms with E-state index in [1.807, 2.05) is 6.92 Å². The van der Waals surface area contributed by atoms with Crippen LogP contribution in [0, 0.1) is 18.6 Å². The van der Waals surface area contributed by atoms with Gasteiger partial charge in [0.1, 0.15) is 16.6 Å². The lowest BCUT2D eigenvalue weighted by molar-refractivity contribution is 0.425. The van der Waals surface area contributed by atoms with Crippen LogP contribution in [0.15, 0.2) is 18.2 Å². The van der Waals surface area contributed by atoms with Gasteiger partial charge in [0.25, 0.3) is 0 Å². The van der Waals surface area contributed by atoms with E-state index in [4.69, 9.17) is 0 Å². The van der Waals surface area contributed by atoms with Crippen LogP contribution in [0.2, 0.25) is 0 Å². The fourth-order valence-electron chi connectivity index (χ4n) is 1.74. The van der Waals surface area contributed by atoms with E-state index in [-0.39, 0.29) is 5.54 Å². The molecule has 0 aliphatic carbocycles. The number of aryl methyl sites for hydroxylation is 1. The molecule has 2 rings (SSSR count). The molecule has 0 spiro atoms. The standard InChI is InChI=1S/C15H18F2N2S/c1-9-13(8-18-15(2,3)4)20-14(19-9)10-5-11(16)7-12(17)6-10/h5-7,18H,8H2,1-4H3. The first-order valence-corrected chi connectivity index (χ1v) is 7.24. The van der Waals surface area contributed by atoms with E-state index in [0.29, 0.717) is 17.1 Å². The van der Waals surface area contributed by atoms with Crippen molar-refractivity contribution in [2.45, 2.75) is 39.8 Å². The summed E-state index contributed by atoms with van der Waals surface area (Å²) in [4.78, 5) is 5.49. The lowest BCUT2D eigenvalue weighted by Crippen LogP contribution is -2.34. The van der Waals surface area contributed by atoms with Gasteiger partial charge < -0.3 is 5.32 Å². The molecule has 1 aromatic carbocycles. The minimum Gasteiger partial charge on any atom is -0.307 e. The van der Waals surface area contributed by atoms with Crippen LogP contribution in [0.1, 0.15) is 31.3 Å². The van der Waals surface area contributed by atoms with Crippen molar-refractivity contribution in [2.24, 2.45) is 0 Å². The SMILES string of the molecule is Cc1nc(-c2cc(F)cc(F)c2)sc1CNC(C)(C)C. The Morgan fingerprint density at radius 3 is 2.30 bits per heavy atom. The fourth-order valence-corrected chi connectivity index (χ4v) is 2.73. The minimum atomic E-state index is -0.581. The molecule has 0 bridgehead atoms. The average Bonchev–Trinajstić information content (AvgIpc) is 2.66. The molecular weight excluding hydrogens is 278 g/mol. The number of hydrogen-bond acceptors (Lipinski definition) is 3. The second-order valence-corrected chi connectivity index (χ2v) is 6.87. The maximum absolute atomic E-state index is 13.2. The molecule has 2 nitrogen and oxygen atoms in total. The predicted octanol–water partition coefficient (Wildman–Crippen LogP) is 4.28. The zero-order chi connectivity index (χ0) is 14.9. The average molecular weight is 296 g/mol. The molecule has 2 aromatic rings. The number of nitrogens with zero attached hydrogens (tertiary/aromatic N) is 1. The van der Waals surface area contributed by atoms with Crippen molar-refractivity contribution in [2.75, 3.05) is 0 Å². The van der Waals surface area contributed by atoms with Crippen molar-refractivity contribution in [1.29, 1.82) is 0 Å². The molecule has 1 aromatic heterocycles. The van der Waals surface area contributed by atoms with Crippen LogP contribution >= 0.6 is 11.3 Å². The van der Waals surface area contributed by atoms with Crippen LogP contribution in [0.3, 0.4) is 0 Å². The third-order valence-corrected chi connectivity index (χ3v) is 3.99. The molecule has 5 heteroatoms. The van der Waals surface area contributed by atoms with Crippen LogP contribution in [-0.2, 0) is 6.54 Å². The second-order valence-electron chi connectivity index (χ2n) is 5.79. The quantitative estimate of drug-likeness (QED) is 0.914. The summed E-state index contributed by atoms with van der Waals surface area (Å²) in [6, 6.07) is 3.48. The number of halogens is 2. The monoisotopic (exact) mass is 296 g/mol. The summed E-state index contributed by atoms with van der Waals surface area (Å²) in [6.07, 6.45) is 0. The lowest BCUT2D eigenvalue weighted by atomic mass is 10.1. The Morgan fingerprint density at radius 2 is 1.75 bits per heavy atom. The van der Waals surface area contributed by atoms with Gasteiger partial charge in [0, 0.05) is 28.6 Å². The van der Waals surface area contributed by atoms with Gasteiger partial charge in [0.2, 0.25) is 0 Å². The van der Waals surface area contributed by atoms with Crippen LogP contribution < -0.4 is 5.32 Å². The first kappa shape index (κ1) is 15.1. The molecule has 20 heavy (non-hydrogen) atoms. The van der Waals surface area contributed by atoms with Gasteiger partial charge >= 0.3 is 0 Å². The van der Waals surface area contributed by atoms with E-state index in [2.05, 4.69) is 31.1 Å². The topological polar surface area (TPSA) is 24.9 Å². The van der Waals surface area contributed by atoms with Crippen molar-refractivity contribution in [3.8, 4) is 10.6 Å². The van der Waals surface area contributed by atoms with Gasteiger partial charge in [0.15, 0.2) is 0 Å². The van der Waals surface area contributed by atoms with Crippen LogP contribution in [0.5, 0.6) is 0 Å². The number of hydrogen-bond donors (Lipinski definition) is 1. The molecule has 0 aliphatic heterocycles. The third kappa shape index (κ3) is 3.84. The first-order valence-electron chi connectivity index (χ1n) is 6.42. The first-order chi connectivity index (χ1) is 9.24. The number of benzene rings is 1. The van der Waals surface area contributed by atoms with Gasteiger partial charge in [-0.3, -0.25) is 0 Å². The molecule has 0 saturated heterocycles. The molecular formula is C15H18F2N2S. The Hall–Kier alpha value is -1.33. The molecule has 1 N–H and O–H groups in total. The second kappa shape index (κ2) is 5.58. The van der Waals surface area contributed by atoms with Crippen LogP contribution in [-0.4, -0.2) is 10.5 Å². The van der Waals surface area contributed by atoms with E-state index >= 15 is 0 Å². The normalized spacial score (nSPS) is 11.9. The highest BCUT2D eigenvalue weighted by molar-refractivity contribution is 7.15. The van der Waals surface area contributed by atoms with E-state index in [1.165, 1.54) is 23.5 Å². The van der Waals surface area contributed by atoms with E-state index in [0.717, 1.165) is 16.6 Å². The lowest BCUT2D eigenvalue weighted by Gasteiger charge is -2.19. The summed E-state index contributed by atoms with van der Waals surface area (Å²) in [6.45, 7) is 8.88. The molecule has 0 amide bonds. The molecule has 0 saturated carbocycles. The van der Waals surface area contributed by atoms with Gasteiger partial charge in [-0.05, 0) is 39.8 Å². The Balaban J connectivity index is 2.26. The zero-order valence-electron chi connectivity index (χ0n) is 12.1. The van der Waals surface area contributed by atoms with Crippen LogP contribution in [0.4, 0.5) is 8.78 Å². The highest BCUT2D eigenvalue weighted by Crippen LogP contribution is 2.29. The summed E-state index contributed by atoms with van der Waals surface area (Å²) < 4.78 is 26.5. The molecule has 0 atom stereocenters. The van der Waals surface area contributed by atoms with Crippen molar-refractivity contribution in [3.63, 3.8) is 0 Å². The Labute approximate surface area is 121 Å². The summed E-state index contributed by atoms with van der Waals surface area (Å²) in [5.41, 5.74) is 1.39. The molecule has 0 radical (unpaired) electrons. The van der Waals surface area contributed by atoms with Gasteiger partial charge in [-0.25, -0.2) is 13.8 Å². The highest BCUT2D eigenvalue weighted by atomic mass is 32.1. The molecule has 108 valence electrons. The summed E-state index contributed by atoms with van der Waals surface area (Å²) in [5.74, 6) is -1.16. The van der Waals surface area contributed by atoms with Crippen LogP contribution in [0.25, 0.3) is 10.6 Å². The number of thiazole rings is 1. The maximum atomic E-state index is 13.2. The molecule has 1 heterocycles. The number of nitrogens with one attached hydrogen (secondary N) is 1. The number of rotatable bonds is 3.